The van der Waals surface area contributed by atoms with Gasteiger partial charge in [0.05, 0.1) is 11.3 Å². The summed E-state index contributed by atoms with van der Waals surface area (Å²) in [7, 11) is 0. The van der Waals surface area contributed by atoms with Gasteiger partial charge in [0.15, 0.2) is 11.0 Å². The van der Waals surface area contributed by atoms with Gasteiger partial charge in [0, 0.05) is 15.9 Å². The van der Waals surface area contributed by atoms with E-state index in [9.17, 15) is 9.59 Å². The minimum Gasteiger partial charge on any atom is -0.478 e. The van der Waals surface area contributed by atoms with Gasteiger partial charge in [-0.15, -0.1) is 0 Å². The van der Waals surface area contributed by atoms with E-state index in [2.05, 4.69) is 42.4 Å². The number of rotatable bonds is 4. The van der Waals surface area contributed by atoms with Crippen LogP contribution in [0.15, 0.2) is 26.2 Å². The van der Waals surface area contributed by atoms with Crippen molar-refractivity contribution in [3.63, 3.8) is 0 Å². The lowest BCUT2D eigenvalue weighted by atomic mass is 10.2. The molecule has 0 amide bonds. The molecule has 0 saturated heterocycles. The Morgan fingerprint density at radius 3 is 2.50 bits per heavy atom. The van der Waals surface area contributed by atoms with Crippen molar-refractivity contribution in [1.29, 1.82) is 0 Å². The second-order valence-corrected chi connectivity index (χ2v) is 5.31. The fourth-order valence-electron chi connectivity index (χ4n) is 1.04. The van der Waals surface area contributed by atoms with Gasteiger partial charge in [0.25, 0.3) is 0 Å². The molecule has 0 heterocycles. The zero-order chi connectivity index (χ0) is 13.9. The number of hydrogen-bond donors (Lipinski definition) is 2. The zero-order valence-corrected chi connectivity index (χ0v) is 12.9. The summed E-state index contributed by atoms with van der Waals surface area (Å²) in [5.41, 5.74) is 2.66. The second kappa shape index (κ2) is 6.31. The number of nitrogens with one attached hydrogen (secondary N) is 1. The van der Waals surface area contributed by atoms with Crippen LogP contribution in [-0.2, 0) is 4.79 Å². The quantitative estimate of drug-likeness (QED) is 0.601. The highest BCUT2D eigenvalue weighted by Crippen LogP contribution is 2.30. The Hall–Kier alpha value is -0.920. The summed E-state index contributed by atoms with van der Waals surface area (Å²) in [4.78, 5) is 22.0. The van der Waals surface area contributed by atoms with Crippen molar-refractivity contribution >= 4 is 66.1 Å². The van der Waals surface area contributed by atoms with E-state index in [4.69, 9.17) is 16.7 Å². The average Bonchev–Trinajstić information content (AvgIpc) is 2.26. The summed E-state index contributed by atoms with van der Waals surface area (Å²) >= 11 is 11.9. The Labute approximate surface area is 124 Å². The number of hydrazone groups is 1. The molecule has 18 heavy (non-hydrogen) atoms. The van der Waals surface area contributed by atoms with Crippen LogP contribution < -0.4 is 5.43 Å². The first-order chi connectivity index (χ1) is 8.32. The Morgan fingerprint density at radius 1 is 1.39 bits per heavy atom. The molecular formula is C10H7Br2ClN2O3. The lowest BCUT2D eigenvalue weighted by molar-refractivity contribution is -0.110. The fourth-order valence-corrected chi connectivity index (χ4v) is 2.40. The number of aromatic carboxylic acids is 1. The third-order valence-corrected chi connectivity index (χ3v) is 3.28. The Morgan fingerprint density at radius 2 is 2.00 bits per heavy atom. The van der Waals surface area contributed by atoms with Crippen LogP contribution in [0.25, 0.3) is 0 Å². The van der Waals surface area contributed by atoms with Gasteiger partial charge in [-0.25, -0.2) is 4.79 Å². The van der Waals surface area contributed by atoms with E-state index in [0.717, 1.165) is 0 Å². The summed E-state index contributed by atoms with van der Waals surface area (Å²) in [5, 5.41) is 12.4. The molecule has 1 aromatic carbocycles. The molecule has 1 rings (SSSR count). The summed E-state index contributed by atoms with van der Waals surface area (Å²) in [6, 6.07) is 3.05. The Bertz CT molecular complexity index is 546. The molecule has 2 N–H and O–H groups in total. The molecule has 96 valence electrons. The number of benzene rings is 1. The summed E-state index contributed by atoms with van der Waals surface area (Å²) in [5.74, 6) is -1.55. The summed E-state index contributed by atoms with van der Waals surface area (Å²) in [6.45, 7) is 1.25. The van der Waals surface area contributed by atoms with Gasteiger partial charge in [-0.1, -0.05) is 27.5 Å². The second-order valence-electron chi connectivity index (χ2n) is 3.19. The largest absolute Gasteiger partial charge is 0.478 e. The highest BCUT2D eigenvalue weighted by molar-refractivity contribution is 9.11. The maximum absolute atomic E-state index is 11.1. The normalized spacial score (nSPS) is 11.2. The molecule has 0 unspecified atom stereocenters. The molecule has 0 radical (unpaired) electrons. The molecule has 0 saturated carbocycles. The van der Waals surface area contributed by atoms with Crippen LogP contribution >= 0.6 is 43.5 Å². The van der Waals surface area contributed by atoms with Crippen LogP contribution in [0.3, 0.4) is 0 Å². The average molecular weight is 398 g/mol. The predicted octanol–water partition coefficient (Wildman–Crippen LogP) is 3.46. The maximum Gasteiger partial charge on any atom is 0.337 e. The molecule has 0 aliphatic heterocycles. The number of Topliss-reactive ketones (excluding diaryl/α,β-unsaturated/α-hetero) is 1. The molecule has 0 bridgehead atoms. The molecular weight excluding hydrogens is 391 g/mol. The smallest absolute Gasteiger partial charge is 0.337 e. The van der Waals surface area contributed by atoms with Gasteiger partial charge >= 0.3 is 5.97 Å². The lowest BCUT2D eigenvalue weighted by Crippen LogP contribution is -2.08. The number of carbonyl (C=O) groups excluding carboxylic acids is 1. The standard InChI is InChI=1S/C10H7Br2ClN2O3/c1-4(16)9(13)15-14-8-6(10(17)18)2-5(11)3-7(8)12/h2-3,14H,1H3,(H,17,18)/b15-9-. The van der Waals surface area contributed by atoms with E-state index in [1.165, 1.54) is 13.0 Å². The highest BCUT2D eigenvalue weighted by atomic mass is 79.9. The van der Waals surface area contributed by atoms with E-state index in [1.807, 2.05) is 0 Å². The van der Waals surface area contributed by atoms with Gasteiger partial charge in [-0.2, -0.15) is 5.10 Å². The van der Waals surface area contributed by atoms with Crippen molar-refractivity contribution in [2.45, 2.75) is 6.92 Å². The van der Waals surface area contributed by atoms with E-state index in [0.29, 0.717) is 8.95 Å². The SMILES string of the molecule is CC(=O)/C(Cl)=N/Nc1c(Br)cc(Br)cc1C(=O)O. The summed E-state index contributed by atoms with van der Waals surface area (Å²) in [6.07, 6.45) is 0. The van der Waals surface area contributed by atoms with Crippen molar-refractivity contribution in [2.24, 2.45) is 5.10 Å². The van der Waals surface area contributed by atoms with Crippen molar-refractivity contribution in [2.75, 3.05) is 5.43 Å². The number of anilines is 1. The molecule has 0 aliphatic rings. The number of carboxylic acids is 1. The minimum absolute atomic E-state index is 0.00646. The molecule has 0 aromatic heterocycles. The van der Waals surface area contributed by atoms with Crippen LogP contribution in [0.4, 0.5) is 5.69 Å². The number of carboxylic acid groups (broad SMARTS) is 1. The number of hydrogen-bond acceptors (Lipinski definition) is 4. The molecule has 1 aromatic rings. The van der Waals surface area contributed by atoms with Gasteiger partial charge < -0.3 is 5.11 Å². The van der Waals surface area contributed by atoms with Crippen molar-refractivity contribution < 1.29 is 14.7 Å². The summed E-state index contributed by atoms with van der Waals surface area (Å²) < 4.78 is 1.07. The number of ketones is 1. The third kappa shape index (κ3) is 3.79. The van der Waals surface area contributed by atoms with Crippen LogP contribution in [0.1, 0.15) is 17.3 Å². The van der Waals surface area contributed by atoms with Crippen molar-refractivity contribution in [3.05, 3.63) is 26.6 Å². The lowest BCUT2D eigenvalue weighted by Gasteiger charge is -2.08. The van der Waals surface area contributed by atoms with E-state index < -0.39 is 11.8 Å². The van der Waals surface area contributed by atoms with Gasteiger partial charge in [-0.05, 0) is 28.1 Å². The minimum atomic E-state index is -1.13. The van der Waals surface area contributed by atoms with E-state index in [1.54, 1.807) is 6.07 Å². The monoisotopic (exact) mass is 396 g/mol. The first kappa shape index (κ1) is 15.1. The van der Waals surface area contributed by atoms with Crippen molar-refractivity contribution in [1.82, 2.24) is 0 Å². The van der Waals surface area contributed by atoms with E-state index in [-0.39, 0.29) is 16.4 Å². The number of carbonyl (C=O) groups is 2. The third-order valence-electron chi connectivity index (χ3n) is 1.84. The first-order valence-electron chi connectivity index (χ1n) is 4.55. The Kier molecular flexibility index (Phi) is 5.30. The Balaban J connectivity index is 3.20. The number of nitrogens with zero attached hydrogens (tertiary/aromatic N) is 1. The highest BCUT2D eigenvalue weighted by Gasteiger charge is 2.14. The molecule has 5 nitrogen and oxygen atoms in total. The van der Waals surface area contributed by atoms with Crippen LogP contribution in [0.2, 0.25) is 0 Å². The number of halogens is 3. The molecule has 8 heteroatoms. The van der Waals surface area contributed by atoms with Gasteiger partial charge in [0.2, 0.25) is 0 Å². The van der Waals surface area contributed by atoms with Gasteiger partial charge in [-0.3, -0.25) is 10.2 Å². The molecule has 0 spiro atoms. The molecule has 0 fully saturated rings. The predicted molar refractivity (Wildman–Crippen MR) is 76.4 cm³/mol. The molecule has 0 aliphatic carbocycles. The first-order valence-corrected chi connectivity index (χ1v) is 6.51. The maximum atomic E-state index is 11.1. The topological polar surface area (TPSA) is 78.8 Å². The van der Waals surface area contributed by atoms with E-state index >= 15 is 0 Å². The van der Waals surface area contributed by atoms with Gasteiger partial charge in [0.1, 0.15) is 0 Å². The zero-order valence-electron chi connectivity index (χ0n) is 9.00. The van der Waals surface area contributed by atoms with Crippen molar-refractivity contribution in [3.8, 4) is 0 Å². The molecule has 0 atom stereocenters. The fraction of sp³-hybridized carbons (Fsp3) is 0.100. The van der Waals surface area contributed by atoms with Crippen LogP contribution in [0, 0.1) is 0 Å². The van der Waals surface area contributed by atoms with Crippen LogP contribution in [0.5, 0.6) is 0 Å². The van der Waals surface area contributed by atoms with Crippen LogP contribution in [-0.4, -0.2) is 22.0 Å².